The SMILES string of the molecule is CCCCCCC(/C(CCCC)=C(\I)[Si](C)(C)C)=C(\I)[Si](C)(C)C. The van der Waals surface area contributed by atoms with Crippen molar-refractivity contribution in [3.8, 4) is 0 Å². The molecule has 0 heterocycles. The minimum absolute atomic E-state index is 1.25. The number of unbranched alkanes of at least 4 members (excludes halogenated alkanes) is 4. The Balaban J connectivity index is 5.92. The third-order valence-corrected chi connectivity index (χ3v) is 18.5. The van der Waals surface area contributed by atoms with E-state index in [1.165, 1.54) is 51.4 Å². The lowest BCUT2D eigenvalue weighted by Crippen LogP contribution is -2.25. The van der Waals surface area contributed by atoms with E-state index in [1.807, 2.05) is 0 Å². The molecule has 0 fully saturated rings. The molecule has 0 aliphatic carbocycles. The van der Waals surface area contributed by atoms with Crippen LogP contribution in [0, 0.1) is 0 Å². The first-order valence-electron chi connectivity index (χ1n) is 9.75. The molecule has 24 heavy (non-hydrogen) atoms. The Kier molecular flexibility index (Phi) is 12.6. The molecular weight excluding hydrogens is 550 g/mol. The molecule has 0 N–H and O–H groups in total. The zero-order valence-electron chi connectivity index (χ0n) is 17.4. The molecule has 0 amide bonds. The molecule has 0 nitrogen and oxygen atoms in total. The van der Waals surface area contributed by atoms with Gasteiger partial charge in [0.05, 0.1) is 16.1 Å². The molecule has 0 aliphatic rings. The summed E-state index contributed by atoms with van der Waals surface area (Å²) in [6.45, 7) is 19.7. The number of hydrogen-bond donors (Lipinski definition) is 0. The third kappa shape index (κ3) is 9.35. The Labute approximate surface area is 182 Å². The van der Waals surface area contributed by atoms with Crippen molar-refractivity contribution >= 4 is 61.3 Å². The first-order chi connectivity index (χ1) is 11.0. The first kappa shape index (κ1) is 25.4. The fourth-order valence-corrected chi connectivity index (χ4v) is 6.33. The van der Waals surface area contributed by atoms with Gasteiger partial charge in [-0.1, -0.05) is 124 Å². The minimum atomic E-state index is -1.25. The maximum Gasteiger partial charge on any atom is 0.0858 e. The van der Waals surface area contributed by atoms with Crippen LogP contribution in [-0.4, -0.2) is 16.1 Å². The van der Waals surface area contributed by atoms with Crippen LogP contribution in [0.5, 0.6) is 0 Å². The van der Waals surface area contributed by atoms with Gasteiger partial charge in [0.25, 0.3) is 0 Å². The van der Waals surface area contributed by atoms with Gasteiger partial charge in [-0.2, -0.15) is 0 Å². The molecule has 0 rings (SSSR count). The van der Waals surface area contributed by atoms with Gasteiger partial charge in [-0.3, -0.25) is 0 Å². The molecule has 0 saturated heterocycles. The summed E-state index contributed by atoms with van der Waals surface area (Å²) in [7, 11) is -2.51. The Morgan fingerprint density at radius 3 is 1.29 bits per heavy atom. The van der Waals surface area contributed by atoms with E-state index in [1.54, 1.807) is 17.6 Å². The lowest BCUT2D eigenvalue weighted by atomic mass is 9.98. The molecule has 0 radical (unpaired) electrons. The minimum Gasteiger partial charge on any atom is -0.0654 e. The van der Waals surface area contributed by atoms with Crippen molar-refractivity contribution in [3.05, 3.63) is 17.6 Å². The lowest BCUT2D eigenvalue weighted by Gasteiger charge is -2.27. The van der Waals surface area contributed by atoms with Crippen LogP contribution in [0.3, 0.4) is 0 Å². The van der Waals surface area contributed by atoms with Crippen LogP contribution in [0.15, 0.2) is 17.6 Å². The summed E-state index contributed by atoms with van der Waals surface area (Å²) in [5, 5.41) is 0. The maximum atomic E-state index is 2.72. The van der Waals surface area contributed by atoms with Crippen LogP contribution >= 0.6 is 45.2 Å². The van der Waals surface area contributed by atoms with Crippen LogP contribution in [0.4, 0.5) is 0 Å². The van der Waals surface area contributed by atoms with Crippen molar-refractivity contribution in [2.24, 2.45) is 0 Å². The molecule has 0 spiro atoms. The van der Waals surface area contributed by atoms with Crippen molar-refractivity contribution in [2.45, 2.75) is 104 Å². The van der Waals surface area contributed by atoms with Crippen molar-refractivity contribution in [3.63, 3.8) is 0 Å². The molecule has 0 atom stereocenters. The first-order valence-corrected chi connectivity index (χ1v) is 18.9. The molecule has 142 valence electrons. The highest BCUT2D eigenvalue weighted by Gasteiger charge is 2.27. The summed E-state index contributed by atoms with van der Waals surface area (Å²) in [5.74, 6) is 0. The molecule has 0 aromatic heterocycles. The van der Waals surface area contributed by atoms with Crippen LogP contribution in [0.1, 0.15) is 65.2 Å². The standard InChI is InChI=1S/C20H40I2Si2/c1-9-11-13-14-16-18(20(22)24(6,7)8)17(15-12-10-2)19(21)23(3,4)5/h9-16H2,1-8H3/b19-17+,20-18-. The summed E-state index contributed by atoms with van der Waals surface area (Å²) >= 11 is 5.43. The van der Waals surface area contributed by atoms with Gasteiger partial charge in [0.15, 0.2) is 0 Å². The summed E-state index contributed by atoms with van der Waals surface area (Å²) < 4.78 is 3.46. The summed E-state index contributed by atoms with van der Waals surface area (Å²) in [4.78, 5) is 0. The quantitative estimate of drug-likeness (QED) is 0.0974. The second-order valence-corrected chi connectivity index (χ2v) is 23.2. The highest BCUT2D eigenvalue weighted by atomic mass is 127. The van der Waals surface area contributed by atoms with E-state index in [2.05, 4.69) is 98.3 Å². The summed E-state index contributed by atoms with van der Waals surface area (Å²) in [6, 6.07) is 0. The van der Waals surface area contributed by atoms with Gasteiger partial charge in [0.1, 0.15) is 0 Å². The van der Waals surface area contributed by atoms with Gasteiger partial charge >= 0.3 is 0 Å². The Morgan fingerprint density at radius 2 is 0.958 bits per heavy atom. The predicted octanol–water partition coefficient (Wildman–Crippen LogP) is 9.28. The Bertz CT molecular complexity index is 438. The van der Waals surface area contributed by atoms with E-state index in [-0.39, 0.29) is 0 Å². The van der Waals surface area contributed by atoms with E-state index in [9.17, 15) is 0 Å². The molecule has 0 bridgehead atoms. The van der Waals surface area contributed by atoms with Gasteiger partial charge in [-0.15, -0.1) is 0 Å². The fourth-order valence-electron chi connectivity index (χ4n) is 2.77. The smallest absolute Gasteiger partial charge is 0.0654 e. The van der Waals surface area contributed by atoms with Crippen LogP contribution < -0.4 is 0 Å². The number of halogens is 2. The topological polar surface area (TPSA) is 0 Å². The predicted molar refractivity (Wildman–Crippen MR) is 137 cm³/mol. The number of allylic oxidation sites excluding steroid dienone is 2. The Hall–Kier alpha value is 1.37. The monoisotopic (exact) mass is 590 g/mol. The van der Waals surface area contributed by atoms with Gasteiger partial charge in [0.2, 0.25) is 0 Å². The zero-order chi connectivity index (χ0) is 19.0. The van der Waals surface area contributed by atoms with E-state index in [0.29, 0.717) is 0 Å². The molecular formula is C20H40I2Si2. The van der Waals surface area contributed by atoms with E-state index in [0.717, 1.165) is 0 Å². The van der Waals surface area contributed by atoms with Crippen molar-refractivity contribution in [2.75, 3.05) is 0 Å². The largest absolute Gasteiger partial charge is 0.0858 e. The molecule has 4 heteroatoms. The second kappa shape index (κ2) is 12.0. The molecule has 0 saturated carbocycles. The third-order valence-electron chi connectivity index (χ3n) is 4.27. The maximum absolute atomic E-state index is 2.72. The average molecular weight is 591 g/mol. The normalized spacial score (nSPS) is 15.2. The van der Waals surface area contributed by atoms with E-state index >= 15 is 0 Å². The van der Waals surface area contributed by atoms with E-state index < -0.39 is 16.1 Å². The molecule has 0 aliphatic heterocycles. The van der Waals surface area contributed by atoms with Crippen LogP contribution in [0.2, 0.25) is 39.3 Å². The van der Waals surface area contributed by atoms with Crippen molar-refractivity contribution in [1.82, 2.24) is 0 Å². The fraction of sp³-hybridized carbons (Fsp3) is 0.800. The Morgan fingerprint density at radius 1 is 0.583 bits per heavy atom. The number of rotatable bonds is 11. The van der Waals surface area contributed by atoms with Crippen LogP contribution in [-0.2, 0) is 0 Å². The van der Waals surface area contributed by atoms with E-state index in [4.69, 9.17) is 0 Å². The van der Waals surface area contributed by atoms with Crippen molar-refractivity contribution < 1.29 is 0 Å². The molecule has 0 unspecified atom stereocenters. The van der Waals surface area contributed by atoms with Crippen LogP contribution in [0.25, 0.3) is 0 Å². The van der Waals surface area contributed by atoms with Gasteiger partial charge in [-0.25, -0.2) is 0 Å². The highest BCUT2D eigenvalue weighted by Crippen LogP contribution is 2.39. The summed E-state index contributed by atoms with van der Waals surface area (Å²) in [5.41, 5.74) is 3.51. The average Bonchev–Trinajstić information content (AvgIpc) is 2.46. The van der Waals surface area contributed by atoms with Gasteiger partial charge < -0.3 is 0 Å². The number of hydrogen-bond acceptors (Lipinski definition) is 0. The molecule has 0 aromatic carbocycles. The lowest BCUT2D eigenvalue weighted by molar-refractivity contribution is 0.662. The van der Waals surface area contributed by atoms with Crippen molar-refractivity contribution in [1.29, 1.82) is 0 Å². The van der Waals surface area contributed by atoms with Gasteiger partial charge in [0, 0.05) is 0 Å². The second-order valence-electron chi connectivity index (χ2n) is 9.00. The highest BCUT2D eigenvalue weighted by molar-refractivity contribution is 14.1. The zero-order valence-corrected chi connectivity index (χ0v) is 23.7. The summed E-state index contributed by atoms with van der Waals surface area (Å²) in [6.07, 6.45) is 10.7. The van der Waals surface area contributed by atoms with Gasteiger partial charge in [-0.05, 0) is 43.2 Å². The molecule has 0 aromatic rings.